The van der Waals surface area contributed by atoms with Crippen LogP contribution in [0.3, 0.4) is 0 Å². The van der Waals surface area contributed by atoms with E-state index in [4.69, 9.17) is 4.98 Å². The molecule has 0 radical (unpaired) electrons. The zero-order valence-corrected chi connectivity index (χ0v) is 17.9. The molecule has 0 saturated carbocycles. The number of aromatic amines is 2. The molecule has 7 nitrogen and oxygen atoms in total. The van der Waals surface area contributed by atoms with Gasteiger partial charge < -0.3 is 9.97 Å². The molecule has 0 fully saturated rings. The predicted molar refractivity (Wildman–Crippen MR) is 129 cm³/mol. The molecular weight excluding hydrogens is 412 g/mol. The lowest BCUT2D eigenvalue weighted by atomic mass is 10.0. The topological polar surface area (TPSA) is 92.2 Å². The Morgan fingerprint density at radius 1 is 0.909 bits per heavy atom. The Labute approximate surface area is 188 Å². The second kappa shape index (κ2) is 7.56. The smallest absolute Gasteiger partial charge is 0.281 e. The van der Waals surface area contributed by atoms with Crippen molar-refractivity contribution < 1.29 is 0 Å². The highest BCUT2D eigenvalue weighted by Crippen LogP contribution is 2.37. The van der Waals surface area contributed by atoms with Crippen molar-refractivity contribution in [3.63, 3.8) is 0 Å². The Morgan fingerprint density at radius 3 is 2.45 bits per heavy atom. The van der Waals surface area contributed by atoms with E-state index in [1.165, 1.54) is 0 Å². The predicted octanol–water partition coefficient (Wildman–Crippen LogP) is 4.69. The molecule has 6 rings (SSSR count). The minimum atomic E-state index is -0.317. The van der Waals surface area contributed by atoms with Crippen molar-refractivity contribution in [3.05, 3.63) is 100 Å². The molecule has 0 saturated heterocycles. The minimum absolute atomic E-state index is 0.225. The van der Waals surface area contributed by atoms with Crippen LogP contribution in [0.4, 0.5) is 0 Å². The largest absolute Gasteiger partial charge is 0.351 e. The van der Waals surface area contributed by atoms with Crippen molar-refractivity contribution in [2.45, 2.75) is 13.5 Å². The molecule has 0 bridgehead atoms. The van der Waals surface area contributed by atoms with E-state index < -0.39 is 0 Å². The van der Waals surface area contributed by atoms with Crippen molar-refractivity contribution >= 4 is 22.1 Å². The fraction of sp³-hybridized carbons (Fsp3) is 0.0769. The lowest BCUT2D eigenvalue weighted by Crippen LogP contribution is -2.11. The van der Waals surface area contributed by atoms with E-state index in [0.717, 1.165) is 38.9 Å². The fourth-order valence-electron chi connectivity index (χ4n) is 4.24. The first-order chi connectivity index (χ1) is 16.2. The monoisotopic (exact) mass is 432 g/mol. The Morgan fingerprint density at radius 2 is 1.67 bits per heavy atom. The van der Waals surface area contributed by atoms with Gasteiger partial charge in [-0.15, -0.1) is 5.10 Å². The maximum absolute atomic E-state index is 12.9. The highest BCUT2D eigenvalue weighted by molar-refractivity contribution is 6.03. The van der Waals surface area contributed by atoms with Gasteiger partial charge in [-0.2, -0.15) is 0 Å². The molecule has 0 aliphatic carbocycles. The fourth-order valence-corrected chi connectivity index (χ4v) is 4.24. The van der Waals surface area contributed by atoms with Crippen molar-refractivity contribution in [3.8, 4) is 22.6 Å². The van der Waals surface area contributed by atoms with Gasteiger partial charge in [0.25, 0.3) is 5.56 Å². The molecule has 0 aliphatic heterocycles. The van der Waals surface area contributed by atoms with Crippen molar-refractivity contribution in [2.75, 3.05) is 0 Å². The van der Waals surface area contributed by atoms with Crippen LogP contribution < -0.4 is 5.56 Å². The number of benzene rings is 3. The van der Waals surface area contributed by atoms with Crippen LogP contribution in [-0.2, 0) is 6.54 Å². The number of aromatic nitrogens is 6. The average Bonchev–Trinajstić information content (AvgIpc) is 3.42. The second-order valence-corrected chi connectivity index (χ2v) is 8.11. The van der Waals surface area contributed by atoms with E-state index in [-0.39, 0.29) is 11.1 Å². The number of hydrogen-bond donors (Lipinski definition) is 2. The van der Waals surface area contributed by atoms with Gasteiger partial charge in [0, 0.05) is 16.5 Å². The van der Waals surface area contributed by atoms with E-state index >= 15 is 0 Å². The molecule has 0 spiro atoms. The minimum Gasteiger partial charge on any atom is -0.351 e. The molecule has 0 amide bonds. The molecule has 2 N–H and O–H groups in total. The lowest BCUT2D eigenvalue weighted by Gasteiger charge is -2.06. The summed E-state index contributed by atoms with van der Waals surface area (Å²) in [6, 6.07) is 26.3. The van der Waals surface area contributed by atoms with Crippen LogP contribution in [0.25, 0.3) is 44.7 Å². The third-order valence-electron chi connectivity index (χ3n) is 5.80. The Hall–Kier alpha value is -4.52. The van der Waals surface area contributed by atoms with Crippen molar-refractivity contribution in [1.82, 2.24) is 29.9 Å². The van der Waals surface area contributed by atoms with Gasteiger partial charge in [-0.05, 0) is 30.2 Å². The summed E-state index contributed by atoms with van der Waals surface area (Å²) in [7, 11) is 0. The number of hydrogen-bond acceptors (Lipinski definition) is 4. The van der Waals surface area contributed by atoms with Gasteiger partial charge in [0.2, 0.25) is 0 Å². The molecule has 0 atom stereocenters. The molecule has 7 heteroatoms. The summed E-state index contributed by atoms with van der Waals surface area (Å²) < 4.78 is 1.67. The van der Waals surface area contributed by atoms with Gasteiger partial charge in [0.15, 0.2) is 17.0 Å². The highest BCUT2D eigenvalue weighted by atomic mass is 16.1. The Bertz CT molecular complexity index is 1660. The first kappa shape index (κ1) is 19.2. The van der Waals surface area contributed by atoms with Crippen LogP contribution in [0.15, 0.2) is 83.7 Å². The molecule has 3 heterocycles. The molecule has 0 aliphatic rings. The van der Waals surface area contributed by atoms with Crippen LogP contribution in [-0.4, -0.2) is 29.9 Å². The van der Waals surface area contributed by atoms with E-state index in [0.29, 0.717) is 18.0 Å². The second-order valence-electron chi connectivity index (χ2n) is 8.11. The molecule has 6 aromatic rings. The van der Waals surface area contributed by atoms with E-state index in [2.05, 4.69) is 57.5 Å². The summed E-state index contributed by atoms with van der Waals surface area (Å²) in [5, 5.41) is 9.35. The number of nitrogens with zero attached hydrogens (tertiary/aromatic N) is 4. The maximum atomic E-state index is 12.9. The van der Waals surface area contributed by atoms with Crippen LogP contribution in [0.1, 0.15) is 11.1 Å². The summed E-state index contributed by atoms with van der Waals surface area (Å²) in [6.07, 6.45) is 0. The summed E-state index contributed by atoms with van der Waals surface area (Å²) >= 11 is 0. The summed E-state index contributed by atoms with van der Waals surface area (Å²) in [5.41, 5.74) is 6.35. The highest BCUT2D eigenvalue weighted by Gasteiger charge is 2.20. The number of nitrogens with one attached hydrogen (secondary N) is 2. The number of fused-ring (bicyclic) bond motifs is 2. The van der Waals surface area contributed by atoms with Gasteiger partial charge >= 0.3 is 0 Å². The zero-order chi connectivity index (χ0) is 22.4. The number of rotatable bonds is 4. The standard InChI is InChI=1S/C26H20N6O/c1-16-12-13-20-19(14-16)21(18-10-6-3-7-11-18)22(27-20)24-28-25-23(26(33)29-24)30-31-32(25)15-17-8-4-2-5-9-17/h2-14,27H,15H2,1H3,(H,28,29,33). The summed E-state index contributed by atoms with van der Waals surface area (Å²) in [6.45, 7) is 2.55. The van der Waals surface area contributed by atoms with Crippen molar-refractivity contribution in [2.24, 2.45) is 0 Å². The quantitative estimate of drug-likeness (QED) is 0.423. The first-order valence-electron chi connectivity index (χ1n) is 10.7. The third-order valence-corrected chi connectivity index (χ3v) is 5.80. The average molecular weight is 432 g/mol. The van der Waals surface area contributed by atoms with Gasteiger partial charge in [-0.1, -0.05) is 77.5 Å². The Kier molecular flexibility index (Phi) is 4.40. The normalized spacial score (nSPS) is 11.4. The molecular formula is C26H20N6O. The van der Waals surface area contributed by atoms with Crippen LogP contribution in [0, 0.1) is 6.92 Å². The van der Waals surface area contributed by atoms with Crippen LogP contribution in [0.2, 0.25) is 0 Å². The summed E-state index contributed by atoms with van der Waals surface area (Å²) in [5.74, 6) is 0.455. The SMILES string of the molecule is Cc1ccc2[nH]c(-c3nc4c(nnn4Cc4ccccc4)c(=O)[nH]3)c(-c3ccccc3)c2c1. The zero-order valence-electron chi connectivity index (χ0n) is 17.9. The lowest BCUT2D eigenvalue weighted by molar-refractivity contribution is 0.664. The number of aryl methyl sites for hydroxylation is 1. The molecule has 160 valence electrons. The van der Waals surface area contributed by atoms with Gasteiger partial charge in [-0.3, -0.25) is 4.79 Å². The molecule has 0 unspecified atom stereocenters. The molecule has 33 heavy (non-hydrogen) atoms. The van der Waals surface area contributed by atoms with Crippen LogP contribution >= 0.6 is 0 Å². The first-order valence-corrected chi connectivity index (χ1v) is 10.7. The third kappa shape index (κ3) is 3.30. The van der Waals surface area contributed by atoms with Gasteiger partial charge in [-0.25, -0.2) is 9.67 Å². The van der Waals surface area contributed by atoms with Gasteiger partial charge in [0.05, 0.1) is 12.2 Å². The molecule has 3 aromatic carbocycles. The molecule has 3 aromatic heterocycles. The maximum Gasteiger partial charge on any atom is 0.281 e. The van der Waals surface area contributed by atoms with E-state index in [1.54, 1.807) is 4.68 Å². The van der Waals surface area contributed by atoms with Gasteiger partial charge in [0.1, 0.15) is 0 Å². The Balaban J connectivity index is 1.59. The summed E-state index contributed by atoms with van der Waals surface area (Å²) in [4.78, 5) is 24.1. The van der Waals surface area contributed by atoms with E-state index in [1.807, 2.05) is 48.5 Å². The van der Waals surface area contributed by atoms with E-state index in [9.17, 15) is 4.79 Å². The van der Waals surface area contributed by atoms with Crippen molar-refractivity contribution in [1.29, 1.82) is 0 Å². The van der Waals surface area contributed by atoms with Crippen LogP contribution in [0.5, 0.6) is 0 Å². The number of H-pyrrole nitrogens is 2.